The van der Waals surface area contributed by atoms with Gasteiger partial charge in [0.1, 0.15) is 5.15 Å². The Hall–Kier alpha value is -1.29. The van der Waals surface area contributed by atoms with E-state index in [4.69, 9.17) is 17.3 Å². The lowest BCUT2D eigenvalue weighted by Gasteiger charge is -1.87. The van der Waals surface area contributed by atoms with Gasteiger partial charge in [0, 0.05) is 0 Å². The van der Waals surface area contributed by atoms with Crippen LogP contribution in [0.1, 0.15) is 6.92 Å². The molecule has 0 bridgehead atoms. The molecule has 0 fully saturated rings. The van der Waals surface area contributed by atoms with Gasteiger partial charge in [-0.15, -0.1) is 0 Å². The molecule has 13 heavy (non-hydrogen) atoms. The minimum atomic E-state index is 0.431. The van der Waals surface area contributed by atoms with E-state index in [0.29, 0.717) is 23.9 Å². The second kappa shape index (κ2) is 7.36. The number of halogens is 1. The molecular weight excluding hydrogens is 192 g/mol. The van der Waals surface area contributed by atoms with Crippen LogP contribution >= 0.6 is 11.6 Å². The highest BCUT2D eigenvalue weighted by atomic mass is 35.5. The Labute approximate surface area is 81.7 Å². The second-order valence-corrected chi connectivity index (χ2v) is 2.35. The molecule has 1 heterocycles. The number of carbonyl (C=O) groups excluding carboxylic acids is 1. The third-order valence-electron chi connectivity index (χ3n) is 0.985. The molecular formula is C8H11ClN2O2. The minimum Gasteiger partial charge on any atom is -0.468 e. The number of aromatic nitrogens is 1. The molecule has 0 saturated carbocycles. The molecule has 0 aromatic carbocycles. The van der Waals surface area contributed by atoms with Crippen molar-refractivity contribution in [2.45, 2.75) is 6.92 Å². The van der Waals surface area contributed by atoms with Gasteiger partial charge in [-0.1, -0.05) is 11.6 Å². The second-order valence-electron chi connectivity index (χ2n) is 1.97. The summed E-state index contributed by atoms with van der Waals surface area (Å²) in [6, 6.07) is 3.35. The smallest absolute Gasteiger partial charge is 0.293 e. The van der Waals surface area contributed by atoms with Crippen LogP contribution in [0.25, 0.3) is 0 Å². The standard InChI is InChI=1S/C5H5ClN2.C3H6O2/c6-5-2-1-4(7)3-8-5;1-2-5-3-4/h1-3H,7H2;3H,2H2,1H3. The Balaban J connectivity index is 0.000000252. The summed E-state index contributed by atoms with van der Waals surface area (Å²) in [7, 11) is 0. The van der Waals surface area contributed by atoms with Crippen LogP contribution in [0.15, 0.2) is 18.3 Å². The van der Waals surface area contributed by atoms with Crippen molar-refractivity contribution in [2.75, 3.05) is 12.3 Å². The van der Waals surface area contributed by atoms with Crippen molar-refractivity contribution in [3.05, 3.63) is 23.5 Å². The fourth-order valence-electron chi connectivity index (χ4n) is 0.455. The fraction of sp³-hybridized carbons (Fsp3) is 0.250. The van der Waals surface area contributed by atoms with Crippen LogP contribution in [0, 0.1) is 0 Å². The molecule has 5 heteroatoms. The maximum absolute atomic E-state index is 9.18. The molecule has 0 amide bonds. The number of rotatable bonds is 2. The first-order valence-corrected chi connectivity index (χ1v) is 4.00. The van der Waals surface area contributed by atoms with Gasteiger partial charge < -0.3 is 10.5 Å². The van der Waals surface area contributed by atoms with E-state index in [0.717, 1.165) is 0 Å². The fourth-order valence-corrected chi connectivity index (χ4v) is 0.567. The van der Waals surface area contributed by atoms with Crippen LogP contribution in [0.5, 0.6) is 0 Å². The summed E-state index contributed by atoms with van der Waals surface area (Å²) in [6.45, 7) is 2.66. The van der Waals surface area contributed by atoms with E-state index in [1.807, 2.05) is 0 Å². The Morgan fingerprint density at radius 3 is 2.62 bits per heavy atom. The monoisotopic (exact) mass is 202 g/mol. The van der Waals surface area contributed by atoms with Crippen LogP contribution < -0.4 is 5.73 Å². The van der Waals surface area contributed by atoms with Crippen LogP contribution in [0.4, 0.5) is 5.69 Å². The average molecular weight is 203 g/mol. The SMILES string of the molecule is CCOC=O.Nc1ccc(Cl)nc1. The Morgan fingerprint density at radius 2 is 2.38 bits per heavy atom. The molecule has 0 unspecified atom stereocenters. The number of ether oxygens (including phenoxy) is 1. The van der Waals surface area contributed by atoms with E-state index in [1.165, 1.54) is 6.20 Å². The summed E-state index contributed by atoms with van der Waals surface area (Å²) in [4.78, 5) is 12.9. The molecule has 0 aliphatic rings. The summed E-state index contributed by atoms with van der Waals surface area (Å²) >= 11 is 5.44. The van der Waals surface area contributed by atoms with Gasteiger partial charge in [0.2, 0.25) is 0 Å². The maximum Gasteiger partial charge on any atom is 0.293 e. The van der Waals surface area contributed by atoms with Gasteiger partial charge in [-0.05, 0) is 19.1 Å². The van der Waals surface area contributed by atoms with Crippen molar-refractivity contribution < 1.29 is 9.53 Å². The Morgan fingerprint density at radius 1 is 1.69 bits per heavy atom. The van der Waals surface area contributed by atoms with Crippen molar-refractivity contribution in [1.29, 1.82) is 0 Å². The van der Waals surface area contributed by atoms with Gasteiger partial charge in [-0.2, -0.15) is 0 Å². The lowest BCUT2D eigenvalue weighted by atomic mass is 10.4. The average Bonchev–Trinajstić information content (AvgIpc) is 2.13. The quantitative estimate of drug-likeness (QED) is 0.583. The number of anilines is 1. The minimum absolute atomic E-state index is 0.431. The largest absolute Gasteiger partial charge is 0.468 e. The number of nitrogens with two attached hydrogens (primary N) is 1. The van der Waals surface area contributed by atoms with Crippen LogP contribution in [0.3, 0.4) is 0 Å². The number of pyridine rings is 1. The normalized spacial score (nSPS) is 8.15. The van der Waals surface area contributed by atoms with Gasteiger partial charge >= 0.3 is 0 Å². The van der Waals surface area contributed by atoms with Gasteiger partial charge in [-0.3, -0.25) is 4.79 Å². The van der Waals surface area contributed by atoms with Crippen LogP contribution in [-0.2, 0) is 9.53 Å². The van der Waals surface area contributed by atoms with Crippen LogP contribution in [-0.4, -0.2) is 18.1 Å². The molecule has 0 aliphatic heterocycles. The molecule has 0 radical (unpaired) electrons. The molecule has 72 valence electrons. The predicted octanol–water partition coefficient (Wildman–Crippen LogP) is 1.50. The van der Waals surface area contributed by atoms with E-state index in [1.54, 1.807) is 19.1 Å². The maximum atomic E-state index is 9.18. The molecule has 2 N–H and O–H groups in total. The van der Waals surface area contributed by atoms with E-state index in [2.05, 4.69) is 9.72 Å². The van der Waals surface area contributed by atoms with E-state index in [9.17, 15) is 4.79 Å². The summed E-state index contributed by atoms with van der Waals surface area (Å²) in [5.74, 6) is 0. The number of hydrogen-bond acceptors (Lipinski definition) is 4. The predicted molar refractivity (Wildman–Crippen MR) is 51.3 cm³/mol. The summed E-state index contributed by atoms with van der Waals surface area (Å²) in [5, 5.41) is 0.471. The number of nitrogen functional groups attached to an aromatic ring is 1. The molecule has 4 nitrogen and oxygen atoms in total. The van der Waals surface area contributed by atoms with Crippen molar-refractivity contribution >= 4 is 23.8 Å². The number of nitrogens with zero attached hydrogens (tertiary/aromatic N) is 1. The van der Waals surface area contributed by atoms with E-state index >= 15 is 0 Å². The Bertz CT molecular complexity index is 217. The zero-order valence-corrected chi connectivity index (χ0v) is 7.99. The van der Waals surface area contributed by atoms with Crippen molar-refractivity contribution in [2.24, 2.45) is 0 Å². The molecule has 0 spiro atoms. The number of carbonyl (C=O) groups is 1. The summed E-state index contributed by atoms with van der Waals surface area (Å²) < 4.78 is 4.15. The molecule has 1 rings (SSSR count). The van der Waals surface area contributed by atoms with Crippen molar-refractivity contribution in [3.8, 4) is 0 Å². The van der Waals surface area contributed by atoms with Gasteiger partial charge in [-0.25, -0.2) is 4.98 Å². The van der Waals surface area contributed by atoms with Crippen molar-refractivity contribution in [3.63, 3.8) is 0 Å². The molecule has 0 saturated heterocycles. The topological polar surface area (TPSA) is 65.2 Å². The highest BCUT2D eigenvalue weighted by Crippen LogP contribution is 2.04. The molecule has 0 atom stereocenters. The summed E-state index contributed by atoms with van der Waals surface area (Å²) in [5.41, 5.74) is 5.94. The number of hydrogen-bond donors (Lipinski definition) is 1. The first-order chi connectivity index (χ1) is 6.20. The molecule has 0 aliphatic carbocycles. The zero-order valence-electron chi connectivity index (χ0n) is 7.24. The van der Waals surface area contributed by atoms with Crippen molar-refractivity contribution in [1.82, 2.24) is 4.98 Å². The summed E-state index contributed by atoms with van der Waals surface area (Å²) in [6.07, 6.45) is 1.52. The van der Waals surface area contributed by atoms with E-state index < -0.39 is 0 Å². The third kappa shape index (κ3) is 7.08. The van der Waals surface area contributed by atoms with Gasteiger partial charge in [0.25, 0.3) is 6.47 Å². The third-order valence-corrected chi connectivity index (χ3v) is 1.21. The van der Waals surface area contributed by atoms with Gasteiger partial charge in [0.05, 0.1) is 18.5 Å². The highest BCUT2D eigenvalue weighted by molar-refractivity contribution is 6.29. The first kappa shape index (κ1) is 11.7. The lowest BCUT2D eigenvalue weighted by molar-refractivity contribution is -0.128. The van der Waals surface area contributed by atoms with Gasteiger partial charge in [0.15, 0.2) is 0 Å². The zero-order chi connectivity index (χ0) is 10.1. The Kier molecular flexibility index (Phi) is 6.63. The first-order valence-electron chi connectivity index (χ1n) is 3.63. The lowest BCUT2D eigenvalue weighted by Crippen LogP contribution is -1.83. The van der Waals surface area contributed by atoms with E-state index in [-0.39, 0.29) is 0 Å². The highest BCUT2D eigenvalue weighted by Gasteiger charge is 1.83. The molecule has 1 aromatic rings. The molecule has 1 aromatic heterocycles. The van der Waals surface area contributed by atoms with Crippen LogP contribution in [0.2, 0.25) is 5.15 Å².